The molecule has 1 aliphatic heterocycles. The highest BCUT2D eigenvalue weighted by atomic mass is 32.2. The van der Waals surface area contributed by atoms with Crippen molar-refractivity contribution >= 4 is 29.7 Å². The highest BCUT2D eigenvalue weighted by molar-refractivity contribution is 7.99. The van der Waals surface area contributed by atoms with Gasteiger partial charge in [-0.3, -0.25) is 19.4 Å². The summed E-state index contributed by atoms with van der Waals surface area (Å²) in [5.41, 5.74) is 0.916. The number of thioether (sulfide) groups is 1. The second kappa shape index (κ2) is 9.82. The van der Waals surface area contributed by atoms with Gasteiger partial charge in [-0.1, -0.05) is 0 Å². The Labute approximate surface area is 183 Å². The van der Waals surface area contributed by atoms with E-state index in [2.05, 4.69) is 9.97 Å². The van der Waals surface area contributed by atoms with Gasteiger partial charge in [0, 0.05) is 45.3 Å². The van der Waals surface area contributed by atoms with Crippen molar-refractivity contribution < 1.29 is 33.3 Å². The molecule has 31 heavy (non-hydrogen) atoms. The van der Waals surface area contributed by atoms with E-state index in [0.29, 0.717) is 5.75 Å². The third-order valence-corrected chi connectivity index (χ3v) is 5.60. The molecule has 2 aromatic rings. The van der Waals surface area contributed by atoms with Gasteiger partial charge in [0.2, 0.25) is 0 Å². The minimum atomic E-state index is -1.01. The summed E-state index contributed by atoms with van der Waals surface area (Å²) in [5.74, 6) is -0.988. The number of ether oxygens (including phenoxy) is 4. The quantitative estimate of drug-likeness (QED) is 0.476. The van der Waals surface area contributed by atoms with E-state index >= 15 is 0 Å². The molecular formula is C20H23N3O7S. The largest absolute Gasteiger partial charge is 0.474 e. The van der Waals surface area contributed by atoms with Crippen molar-refractivity contribution in [2.45, 2.75) is 44.5 Å². The summed E-state index contributed by atoms with van der Waals surface area (Å²) in [7, 11) is 1.86. The Morgan fingerprint density at radius 3 is 2.26 bits per heavy atom. The maximum Gasteiger partial charge on any atom is 0.303 e. The van der Waals surface area contributed by atoms with Crippen LogP contribution in [0.15, 0.2) is 31.0 Å². The highest BCUT2D eigenvalue weighted by Crippen LogP contribution is 2.34. The van der Waals surface area contributed by atoms with Gasteiger partial charge in [0.25, 0.3) is 0 Å². The molecule has 0 amide bonds. The van der Waals surface area contributed by atoms with Crippen LogP contribution in [0, 0.1) is 0 Å². The molecule has 3 heterocycles. The van der Waals surface area contributed by atoms with E-state index in [9.17, 15) is 14.4 Å². The van der Waals surface area contributed by atoms with Gasteiger partial charge in [0.05, 0.1) is 24.4 Å². The van der Waals surface area contributed by atoms with E-state index in [4.69, 9.17) is 18.9 Å². The maximum absolute atomic E-state index is 11.8. The van der Waals surface area contributed by atoms with Gasteiger partial charge in [-0.05, 0) is 6.07 Å². The van der Waals surface area contributed by atoms with Gasteiger partial charge in [-0.2, -0.15) is 0 Å². The van der Waals surface area contributed by atoms with Gasteiger partial charge in [-0.25, -0.2) is 4.98 Å². The molecule has 3 rings (SSSR count). The zero-order valence-electron chi connectivity index (χ0n) is 17.5. The van der Waals surface area contributed by atoms with Crippen LogP contribution in [-0.4, -0.2) is 61.9 Å². The summed E-state index contributed by atoms with van der Waals surface area (Å²) < 4.78 is 24.0. The normalized spacial score (nSPS) is 23.0. The number of esters is 3. The fourth-order valence-electron chi connectivity index (χ4n) is 3.20. The van der Waals surface area contributed by atoms with Gasteiger partial charge in [0.15, 0.2) is 23.7 Å². The van der Waals surface area contributed by atoms with E-state index in [0.717, 1.165) is 11.3 Å². The monoisotopic (exact) mass is 449 g/mol. The predicted molar refractivity (Wildman–Crippen MR) is 110 cm³/mol. The third kappa shape index (κ3) is 5.75. The molecule has 10 nitrogen and oxygen atoms in total. The highest BCUT2D eigenvalue weighted by Gasteiger charge is 2.47. The summed E-state index contributed by atoms with van der Waals surface area (Å²) in [6.07, 6.45) is 3.81. The smallest absolute Gasteiger partial charge is 0.303 e. The fourth-order valence-corrected chi connectivity index (χ4v) is 4.42. The molecule has 4 atom stereocenters. The summed E-state index contributed by atoms with van der Waals surface area (Å²) in [6.45, 7) is 3.73. The predicted octanol–water partition coefficient (Wildman–Crippen LogP) is 1.73. The first kappa shape index (κ1) is 22.6. The van der Waals surface area contributed by atoms with Crippen molar-refractivity contribution in [2.24, 2.45) is 7.05 Å². The van der Waals surface area contributed by atoms with Crippen LogP contribution in [0.25, 0.3) is 11.3 Å². The molecule has 1 saturated heterocycles. The molecule has 0 unspecified atom stereocenters. The lowest BCUT2D eigenvalue weighted by molar-refractivity contribution is -0.186. The Bertz CT molecular complexity index is 964. The summed E-state index contributed by atoms with van der Waals surface area (Å²) in [4.78, 5) is 43.3. The van der Waals surface area contributed by atoms with E-state index in [1.807, 2.05) is 11.6 Å². The van der Waals surface area contributed by atoms with Crippen molar-refractivity contribution in [2.75, 3.05) is 5.75 Å². The number of aryl methyl sites for hydroxylation is 1. The lowest BCUT2D eigenvalue weighted by Gasteiger charge is -2.39. The molecule has 0 aromatic carbocycles. The Morgan fingerprint density at radius 2 is 1.65 bits per heavy atom. The zero-order chi connectivity index (χ0) is 22.5. The fraction of sp³-hybridized carbons (Fsp3) is 0.450. The van der Waals surface area contributed by atoms with Crippen LogP contribution in [0.1, 0.15) is 20.8 Å². The van der Waals surface area contributed by atoms with Gasteiger partial charge < -0.3 is 23.5 Å². The molecule has 2 aromatic heterocycles. The number of pyridine rings is 1. The van der Waals surface area contributed by atoms with Crippen molar-refractivity contribution in [1.29, 1.82) is 0 Å². The van der Waals surface area contributed by atoms with Crippen LogP contribution < -0.4 is 4.74 Å². The second-order valence-corrected chi connectivity index (χ2v) is 8.05. The molecule has 0 N–H and O–H groups in total. The van der Waals surface area contributed by atoms with Crippen LogP contribution in [0.2, 0.25) is 0 Å². The first-order chi connectivity index (χ1) is 14.7. The molecule has 0 spiro atoms. The number of carbonyl (C=O) groups is 3. The number of imidazole rings is 1. The Morgan fingerprint density at radius 1 is 0.968 bits per heavy atom. The third-order valence-electron chi connectivity index (χ3n) is 4.38. The average Bonchev–Trinajstić information content (AvgIpc) is 3.11. The summed E-state index contributed by atoms with van der Waals surface area (Å²) in [5, 5.41) is 0. The Balaban J connectivity index is 1.87. The van der Waals surface area contributed by atoms with Gasteiger partial charge in [0.1, 0.15) is 5.75 Å². The van der Waals surface area contributed by atoms with Crippen molar-refractivity contribution in [3.05, 3.63) is 31.0 Å². The first-order valence-corrected chi connectivity index (χ1v) is 10.5. The second-order valence-electron chi connectivity index (χ2n) is 6.91. The molecule has 0 bridgehead atoms. The van der Waals surface area contributed by atoms with E-state index in [-0.39, 0.29) is 5.75 Å². The lowest BCUT2D eigenvalue weighted by Crippen LogP contribution is -2.55. The van der Waals surface area contributed by atoms with Crippen LogP contribution >= 0.6 is 11.8 Å². The molecule has 1 fully saturated rings. The Hall–Kier alpha value is -3.08. The number of carbonyl (C=O) groups excluding carboxylic acids is 3. The topological polar surface area (TPSA) is 119 Å². The molecule has 0 radical (unpaired) electrons. The van der Waals surface area contributed by atoms with Crippen molar-refractivity contribution in [1.82, 2.24) is 14.5 Å². The van der Waals surface area contributed by atoms with E-state index < -0.39 is 41.7 Å². The number of nitrogens with zero attached hydrogens (tertiary/aromatic N) is 3. The lowest BCUT2D eigenvalue weighted by atomic mass is 10.1. The van der Waals surface area contributed by atoms with Crippen LogP contribution in [-0.2, 0) is 35.6 Å². The Kier molecular flexibility index (Phi) is 7.16. The molecule has 166 valence electrons. The molecule has 0 saturated carbocycles. The van der Waals surface area contributed by atoms with Crippen molar-refractivity contribution in [3.63, 3.8) is 0 Å². The molecule has 1 aliphatic rings. The van der Waals surface area contributed by atoms with E-state index in [1.165, 1.54) is 38.7 Å². The number of hydrogen-bond acceptors (Lipinski definition) is 10. The molecule has 11 heteroatoms. The van der Waals surface area contributed by atoms with Gasteiger partial charge in [-0.15, -0.1) is 11.8 Å². The van der Waals surface area contributed by atoms with Crippen LogP contribution in [0.3, 0.4) is 0 Å². The zero-order valence-corrected chi connectivity index (χ0v) is 18.3. The van der Waals surface area contributed by atoms with Crippen LogP contribution in [0.4, 0.5) is 0 Å². The minimum absolute atomic E-state index is 0.287. The van der Waals surface area contributed by atoms with E-state index in [1.54, 1.807) is 24.8 Å². The maximum atomic E-state index is 11.8. The van der Waals surface area contributed by atoms with Crippen molar-refractivity contribution in [3.8, 4) is 17.0 Å². The molecular weight excluding hydrogens is 426 g/mol. The standard InChI is InChI=1S/C20H23N3O7S/c1-11(24)27-17-9-31-20(19(29-13(3)26)18(17)28-12(2)25)30-15-5-14(6-21-7-15)16-8-22-10-23(16)4/h5-8,10,17-20H,9H2,1-4H3/t17-,18+,19-,20-/m1/s1. The first-order valence-electron chi connectivity index (χ1n) is 9.46. The molecule has 0 aliphatic carbocycles. The number of hydrogen-bond donors (Lipinski definition) is 0. The van der Waals surface area contributed by atoms with Gasteiger partial charge >= 0.3 is 17.9 Å². The summed E-state index contributed by atoms with van der Waals surface area (Å²) in [6, 6.07) is 1.79. The minimum Gasteiger partial charge on any atom is -0.474 e. The van der Waals surface area contributed by atoms with Crippen LogP contribution in [0.5, 0.6) is 5.75 Å². The number of rotatable bonds is 6. The average molecular weight is 449 g/mol. The SMILES string of the molecule is CC(=O)O[C@@H]1[C@@H](OC(C)=O)[C@H](OC(C)=O)CS[C@H]1Oc1cncc(-c2cncn2C)c1. The summed E-state index contributed by atoms with van der Waals surface area (Å²) >= 11 is 1.28. The number of aromatic nitrogens is 3.